The first-order valence-corrected chi connectivity index (χ1v) is 12.1. The smallest absolute Gasteiger partial charge is 0.335 e. The van der Waals surface area contributed by atoms with Crippen molar-refractivity contribution in [3.05, 3.63) is 70.3 Å². The molecular formula is C30H42O3. The van der Waals surface area contributed by atoms with Crippen molar-refractivity contribution >= 4 is 5.97 Å². The van der Waals surface area contributed by atoms with E-state index in [1.807, 2.05) is 0 Å². The van der Waals surface area contributed by atoms with Crippen LogP contribution in [-0.2, 0) is 28.5 Å². The van der Waals surface area contributed by atoms with Crippen LogP contribution in [0, 0.1) is 6.92 Å². The predicted octanol–water partition coefficient (Wildman–Crippen LogP) is 7.71. The molecule has 0 saturated heterocycles. The van der Waals surface area contributed by atoms with Crippen molar-refractivity contribution in [2.24, 2.45) is 0 Å². The van der Waals surface area contributed by atoms with Crippen molar-refractivity contribution in [3.8, 4) is 11.5 Å². The summed E-state index contributed by atoms with van der Waals surface area (Å²) in [4.78, 5) is 12.2. The van der Waals surface area contributed by atoms with Crippen molar-refractivity contribution in [2.75, 3.05) is 0 Å². The first kappa shape index (κ1) is 26.7. The minimum Gasteiger partial charge on any atom is -0.507 e. The van der Waals surface area contributed by atoms with Crippen LogP contribution in [0.4, 0.5) is 0 Å². The average Bonchev–Trinajstić information content (AvgIpc) is 2.70. The molecule has 0 aliphatic rings. The predicted molar refractivity (Wildman–Crippen MR) is 139 cm³/mol. The molecule has 0 fully saturated rings. The lowest BCUT2D eigenvalue weighted by Gasteiger charge is -2.26. The Balaban J connectivity index is 2.67. The summed E-state index contributed by atoms with van der Waals surface area (Å²) in [6, 6.07) is 8.42. The number of carbonyl (C=O) groups excluding carboxylic acids is 1. The summed E-state index contributed by atoms with van der Waals surface area (Å²) in [5.41, 5.74) is 5.66. The van der Waals surface area contributed by atoms with E-state index in [0.29, 0.717) is 17.9 Å². The lowest BCUT2D eigenvalue weighted by molar-refractivity contribution is -0.129. The Bertz CT molecular complexity index is 1000. The molecule has 0 heterocycles. The Morgan fingerprint density at radius 2 is 1.61 bits per heavy atom. The molecular weight excluding hydrogens is 408 g/mol. The van der Waals surface area contributed by atoms with Gasteiger partial charge < -0.3 is 9.84 Å². The lowest BCUT2D eigenvalue weighted by Crippen LogP contribution is -2.17. The normalized spacial score (nSPS) is 12.0. The highest BCUT2D eigenvalue weighted by atomic mass is 16.5. The molecule has 0 spiro atoms. The SMILES string of the molecule is C=CC(=O)Oc1c(Cc2cc(CCCCC)cc(C(C)(C)C)c2O)cc(C)cc1C(C)(C)C. The van der Waals surface area contributed by atoms with Gasteiger partial charge in [-0.05, 0) is 52.8 Å². The van der Waals surface area contributed by atoms with Gasteiger partial charge in [-0.3, -0.25) is 0 Å². The monoisotopic (exact) mass is 450 g/mol. The van der Waals surface area contributed by atoms with Gasteiger partial charge in [0.25, 0.3) is 0 Å². The molecule has 2 aromatic carbocycles. The average molecular weight is 451 g/mol. The zero-order valence-corrected chi connectivity index (χ0v) is 21.9. The molecule has 0 saturated carbocycles. The number of esters is 1. The fourth-order valence-electron chi connectivity index (χ4n) is 4.20. The number of phenolic OH excluding ortho intramolecular Hbond substituents is 1. The Morgan fingerprint density at radius 1 is 0.970 bits per heavy atom. The van der Waals surface area contributed by atoms with E-state index in [1.54, 1.807) is 0 Å². The van der Waals surface area contributed by atoms with Crippen LogP contribution in [0.2, 0.25) is 0 Å². The van der Waals surface area contributed by atoms with Crippen molar-refractivity contribution in [1.29, 1.82) is 0 Å². The minimum atomic E-state index is -0.474. The van der Waals surface area contributed by atoms with Crippen LogP contribution in [0.1, 0.15) is 101 Å². The van der Waals surface area contributed by atoms with Crippen molar-refractivity contribution < 1.29 is 14.6 Å². The quantitative estimate of drug-likeness (QED) is 0.194. The number of carbonyl (C=O) groups is 1. The Labute approximate surface area is 200 Å². The summed E-state index contributed by atoms with van der Waals surface area (Å²) in [5, 5.41) is 11.3. The number of phenols is 1. The van der Waals surface area contributed by atoms with Gasteiger partial charge in [0, 0.05) is 18.1 Å². The highest BCUT2D eigenvalue weighted by molar-refractivity contribution is 5.84. The maximum absolute atomic E-state index is 12.2. The molecule has 3 heteroatoms. The first-order chi connectivity index (χ1) is 15.3. The van der Waals surface area contributed by atoms with Crippen LogP contribution < -0.4 is 4.74 Å². The van der Waals surface area contributed by atoms with Crippen LogP contribution >= 0.6 is 0 Å². The third-order valence-electron chi connectivity index (χ3n) is 5.99. The summed E-state index contributed by atoms with van der Waals surface area (Å²) in [6.07, 6.45) is 6.17. The lowest BCUT2D eigenvalue weighted by atomic mass is 9.81. The number of aromatic hydroxyl groups is 1. The molecule has 0 aliphatic heterocycles. The van der Waals surface area contributed by atoms with Crippen molar-refractivity contribution in [2.45, 2.75) is 98.3 Å². The second-order valence-corrected chi connectivity index (χ2v) is 11.2. The van der Waals surface area contributed by atoms with E-state index in [2.05, 4.69) is 86.2 Å². The summed E-state index contributed by atoms with van der Waals surface area (Å²) in [5.74, 6) is 0.436. The van der Waals surface area contributed by atoms with Crippen LogP contribution in [0.25, 0.3) is 0 Å². The summed E-state index contributed by atoms with van der Waals surface area (Å²) in [6.45, 7) is 20.5. The largest absolute Gasteiger partial charge is 0.507 e. The molecule has 2 rings (SSSR count). The molecule has 0 radical (unpaired) electrons. The maximum Gasteiger partial charge on any atom is 0.335 e. The van der Waals surface area contributed by atoms with Gasteiger partial charge in [0.2, 0.25) is 0 Å². The maximum atomic E-state index is 12.2. The van der Waals surface area contributed by atoms with Gasteiger partial charge in [0.1, 0.15) is 11.5 Å². The number of hydrogen-bond donors (Lipinski definition) is 1. The molecule has 0 bridgehead atoms. The first-order valence-electron chi connectivity index (χ1n) is 12.1. The van der Waals surface area contributed by atoms with Crippen LogP contribution in [0.3, 0.4) is 0 Å². The number of benzene rings is 2. The fraction of sp³-hybridized carbons (Fsp3) is 0.500. The minimum absolute atomic E-state index is 0.180. The highest BCUT2D eigenvalue weighted by Gasteiger charge is 2.26. The summed E-state index contributed by atoms with van der Waals surface area (Å²) >= 11 is 0. The van der Waals surface area contributed by atoms with Gasteiger partial charge in [-0.25, -0.2) is 4.79 Å². The van der Waals surface area contributed by atoms with Crippen molar-refractivity contribution in [1.82, 2.24) is 0 Å². The van der Waals surface area contributed by atoms with Crippen LogP contribution in [0.5, 0.6) is 11.5 Å². The second-order valence-electron chi connectivity index (χ2n) is 11.2. The molecule has 0 amide bonds. The van der Waals surface area contributed by atoms with Crippen LogP contribution in [0.15, 0.2) is 36.9 Å². The molecule has 3 nitrogen and oxygen atoms in total. The van der Waals surface area contributed by atoms with E-state index in [0.717, 1.165) is 40.7 Å². The van der Waals surface area contributed by atoms with Gasteiger partial charge in [-0.15, -0.1) is 0 Å². The van der Waals surface area contributed by atoms with E-state index >= 15 is 0 Å². The fourth-order valence-corrected chi connectivity index (χ4v) is 4.20. The number of rotatable bonds is 8. The number of aryl methyl sites for hydroxylation is 2. The molecule has 33 heavy (non-hydrogen) atoms. The highest BCUT2D eigenvalue weighted by Crippen LogP contribution is 2.40. The zero-order chi connectivity index (χ0) is 25.0. The summed E-state index contributed by atoms with van der Waals surface area (Å²) < 4.78 is 5.79. The molecule has 0 aromatic heterocycles. The molecule has 0 atom stereocenters. The molecule has 0 unspecified atom stereocenters. The van der Waals surface area contributed by atoms with E-state index < -0.39 is 5.97 Å². The van der Waals surface area contributed by atoms with Gasteiger partial charge in [0.15, 0.2) is 0 Å². The Kier molecular flexibility index (Phi) is 8.57. The molecule has 0 aliphatic carbocycles. The number of hydrogen-bond acceptors (Lipinski definition) is 3. The Morgan fingerprint density at radius 3 is 2.15 bits per heavy atom. The third-order valence-corrected chi connectivity index (χ3v) is 5.99. The van der Waals surface area contributed by atoms with Gasteiger partial charge in [-0.1, -0.05) is 97.7 Å². The molecule has 2 aromatic rings. The van der Waals surface area contributed by atoms with Crippen molar-refractivity contribution in [3.63, 3.8) is 0 Å². The van der Waals surface area contributed by atoms with Gasteiger partial charge in [-0.2, -0.15) is 0 Å². The topological polar surface area (TPSA) is 46.5 Å². The van der Waals surface area contributed by atoms with E-state index in [4.69, 9.17) is 4.74 Å². The second kappa shape index (κ2) is 10.6. The Hall–Kier alpha value is -2.55. The van der Waals surface area contributed by atoms with Crippen LogP contribution in [-0.4, -0.2) is 11.1 Å². The zero-order valence-electron chi connectivity index (χ0n) is 21.9. The van der Waals surface area contributed by atoms with E-state index in [1.165, 1.54) is 24.5 Å². The standard InChI is InChI=1S/C30H42O3/c1-10-12-13-14-21-17-22(27(32)24(18-21)29(4,5)6)19-23-15-20(3)16-25(30(7,8)9)28(23)33-26(31)11-2/h11,15-18,32H,2,10,12-14,19H2,1,3-9H3. The number of ether oxygens (including phenoxy) is 1. The van der Waals surface area contributed by atoms with E-state index in [-0.39, 0.29) is 10.8 Å². The van der Waals surface area contributed by atoms with E-state index in [9.17, 15) is 9.90 Å². The number of unbranched alkanes of at least 4 members (excludes halogenated alkanes) is 2. The van der Waals surface area contributed by atoms with Gasteiger partial charge in [0.05, 0.1) is 0 Å². The third kappa shape index (κ3) is 6.96. The molecule has 180 valence electrons. The molecule has 1 N–H and O–H groups in total. The van der Waals surface area contributed by atoms with Gasteiger partial charge >= 0.3 is 5.97 Å². The summed E-state index contributed by atoms with van der Waals surface area (Å²) in [7, 11) is 0.